The van der Waals surface area contributed by atoms with E-state index in [0.717, 1.165) is 6.54 Å². The van der Waals surface area contributed by atoms with Gasteiger partial charge >= 0.3 is 0 Å². The highest BCUT2D eigenvalue weighted by molar-refractivity contribution is 5.26. The molecule has 0 aromatic carbocycles. The van der Waals surface area contributed by atoms with Gasteiger partial charge in [0.15, 0.2) is 0 Å². The minimum absolute atomic E-state index is 0.671. The van der Waals surface area contributed by atoms with Crippen LogP contribution in [-0.2, 0) is 0 Å². The summed E-state index contributed by atoms with van der Waals surface area (Å²) in [5.41, 5.74) is 6.73. The Balaban J connectivity index is 2.18. The molecule has 1 aliphatic carbocycles. The van der Waals surface area contributed by atoms with Gasteiger partial charge < -0.3 is 5.73 Å². The first kappa shape index (κ1) is 3.88. The lowest BCUT2D eigenvalue weighted by Gasteiger charge is -1.82. The van der Waals surface area contributed by atoms with Crippen LogP contribution in [0.5, 0.6) is 0 Å². The third-order valence-corrected chi connectivity index (χ3v) is 1.19. The molecule has 2 N–H and O–H groups in total. The number of rotatable bonds is 1. The lowest BCUT2D eigenvalue weighted by Crippen LogP contribution is -2.01. The van der Waals surface area contributed by atoms with Gasteiger partial charge in [-0.2, -0.15) is 0 Å². The summed E-state index contributed by atoms with van der Waals surface area (Å²) in [6.07, 6.45) is 2.18. The highest BCUT2D eigenvalue weighted by Gasteiger charge is 2.16. The van der Waals surface area contributed by atoms with Crippen LogP contribution in [0.25, 0.3) is 0 Å². The fourth-order valence-corrected chi connectivity index (χ4v) is 0.523. The van der Waals surface area contributed by atoms with Crippen molar-refractivity contribution in [2.75, 3.05) is 6.54 Å². The molecule has 0 spiro atoms. The molecular formula is C5H9N. The van der Waals surface area contributed by atoms with Crippen molar-refractivity contribution in [3.8, 4) is 0 Å². The summed E-state index contributed by atoms with van der Waals surface area (Å²) < 4.78 is 0. The predicted octanol–water partition coefficient (Wildman–Crippen LogP) is 0.521. The Kier molecular flexibility index (Phi) is 0.701. The molecule has 0 radical (unpaired) electrons. The molecule has 0 saturated heterocycles. The van der Waals surface area contributed by atoms with Gasteiger partial charge in [-0.1, -0.05) is 11.6 Å². The molecule has 1 rings (SSSR count). The molecule has 0 aliphatic heterocycles. The summed E-state index contributed by atoms with van der Waals surface area (Å²) in [5, 5.41) is 0. The Morgan fingerprint density at radius 3 is 2.50 bits per heavy atom. The number of hydrogen-bond donors (Lipinski definition) is 1. The zero-order valence-electron chi connectivity index (χ0n) is 3.94. The molecule has 6 heavy (non-hydrogen) atoms. The Morgan fingerprint density at radius 1 is 2.00 bits per heavy atom. The van der Waals surface area contributed by atoms with Crippen molar-refractivity contribution in [1.82, 2.24) is 0 Å². The van der Waals surface area contributed by atoms with Gasteiger partial charge in [-0.3, -0.25) is 0 Å². The van der Waals surface area contributed by atoms with Crippen molar-refractivity contribution < 1.29 is 0 Å². The minimum atomic E-state index is 0.671. The van der Waals surface area contributed by atoms with Crippen LogP contribution in [0, 0.1) is 5.92 Å². The molecule has 34 valence electrons. The van der Waals surface area contributed by atoms with E-state index >= 15 is 0 Å². The van der Waals surface area contributed by atoms with Gasteiger partial charge in [0.1, 0.15) is 0 Å². The van der Waals surface area contributed by atoms with E-state index in [9.17, 15) is 0 Å². The van der Waals surface area contributed by atoms with Crippen LogP contribution in [0.15, 0.2) is 11.6 Å². The molecule has 0 bridgehead atoms. The molecule has 0 fully saturated rings. The van der Waals surface area contributed by atoms with Gasteiger partial charge in [0.2, 0.25) is 0 Å². The van der Waals surface area contributed by atoms with Crippen molar-refractivity contribution in [2.45, 2.75) is 6.92 Å². The van der Waals surface area contributed by atoms with E-state index in [0.29, 0.717) is 5.92 Å². The van der Waals surface area contributed by atoms with Crippen molar-refractivity contribution in [3.63, 3.8) is 0 Å². The molecular weight excluding hydrogens is 74.1 g/mol. The van der Waals surface area contributed by atoms with Crippen LogP contribution in [0.2, 0.25) is 0 Å². The average Bonchev–Trinajstić information content (AvgIpc) is 2.19. The average molecular weight is 83.1 g/mol. The van der Waals surface area contributed by atoms with Gasteiger partial charge in [-0.05, 0) is 6.92 Å². The molecule has 0 amide bonds. The zero-order valence-corrected chi connectivity index (χ0v) is 3.94. The monoisotopic (exact) mass is 83.1 g/mol. The second-order valence-corrected chi connectivity index (χ2v) is 1.75. The van der Waals surface area contributed by atoms with E-state index < -0.39 is 0 Å². The summed E-state index contributed by atoms with van der Waals surface area (Å²) >= 11 is 0. The molecule has 1 nitrogen and oxygen atoms in total. The smallest absolute Gasteiger partial charge is 0.00999 e. The van der Waals surface area contributed by atoms with E-state index in [-0.39, 0.29) is 0 Å². The van der Waals surface area contributed by atoms with Crippen LogP contribution in [-0.4, -0.2) is 6.54 Å². The molecule has 0 saturated carbocycles. The maximum atomic E-state index is 5.27. The van der Waals surface area contributed by atoms with Gasteiger partial charge in [0.05, 0.1) is 0 Å². The summed E-state index contributed by atoms with van der Waals surface area (Å²) in [6, 6.07) is 0. The highest BCUT2D eigenvalue weighted by Crippen LogP contribution is 2.25. The maximum absolute atomic E-state index is 5.27. The first-order chi connectivity index (χ1) is 2.84. The quantitative estimate of drug-likeness (QED) is 0.459. The normalized spacial score (nSPS) is 29.7. The van der Waals surface area contributed by atoms with Gasteiger partial charge in [-0.25, -0.2) is 0 Å². The van der Waals surface area contributed by atoms with Gasteiger partial charge in [0.25, 0.3) is 0 Å². The first-order valence-electron chi connectivity index (χ1n) is 2.23. The standard InChI is InChI=1S/C5H9N/c1-4-2-5(4)3-6/h2,5H,3,6H2,1H3. The third kappa shape index (κ3) is 0.455. The van der Waals surface area contributed by atoms with Crippen LogP contribution < -0.4 is 5.73 Å². The molecule has 1 unspecified atom stereocenters. The third-order valence-electron chi connectivity index (χ3n) is 1.19. The van der Waals surface area contributed by atoms with Crippen LogP contribution in [0.1, 0.15) is 6.92 Å². The Hall–Kier alpha value is -0.300. The minimum Gasteiger partial charge on any atom is -0.330 e. The van der Waals surface area contributed by atoms with E-state index in [1.165, 1.54) is 5.57 Å². The van der Waals surface area contributed by atoms with E-state index in [1.807, 2.05) is 0 Å². The second kappa shape index (κ2) is 1.09. The number of nitrogens with two attached hydrogens (primary N) is 1. The molecule has 1 aliphatic rings. The zero-order chi connectivity index (χ0) is 4.57. The summed E-state index contributed by atoms with van der Waals surface area (Å²) in [5.74, 6) is 0.671. The van der Waals surface area contributed by atoms with Crippen LogP contribution in [0.4, 0.5) is 0 Å². The number of hydrogen-bond acceptors (Lipinski definition) is 1. The summed E-state index contributed by atoms with van der Waals surface area (Å²) in [7, 11) is 0. The Bertz CT molecular complexity index is 83.9. The molecule has 0 aromatic rings. The highest BCUT2D eigenvalue weighted by atomic mass is 14.6. The largest absolute Gasteiger partial charge is 0.330 e. The second-order valence-electron chi connectivity index (χ2n) is 1.75. The lowest BCUT2D eigenvalue weighted by atomic mass is 10.3. The lowest BCUT2D eigenvalue weighted by molar-refractivity contribution is 0.885. The topological polar surface area (TPSA) is 26.0 Å². The Labute approximate surface area is 37.8 Å². The van der Waals surface area contributed by atoms with Crippen LogP contribution >= 0.6 is 0 Å². The van der Waals surface area contributed by atoms with E-state index in [2.05, 4.69) is 13.0 Å². The predicted molar refractivity (Wildman–Crippen MR) is 26.3 cm³/mol. The molecule has 0 heterocycles. The molecule has 1 atom stereocenters. The Morgan fingerprint density at radius 2 is 2.50 bits per heavy atom. The van der Waals surface area contributed by atoms with E-state index in [4.69, 9.17) is 5.73 Å². The summed E-state index contributed by atoms with van der Waals surface area (Å²) in [4.78, 5) is 0. The van der Waals surface area contributed by atoms with Crippen molar-refractivity contribution >= 4 is 0 Å². The summed E-state index contributed by atoms with van der Waals surface area (Å²) in [6.45, 7) is 2.92. The van der Waals surface area contributed by atoms with Crippen molar-refractivity contribution in [3.05, 3.63) is 11.6 Å². The molecule has 0 aromatic heterocycles. The fourth-order valence-electron chi connectivity index (χ4n) is 0.523. The van der Waals surface area contributed by atoms with E-state index in [1.54, 1.807) is 0 Å². The van der Waals surface area contributed by atoms with Crippen molar-refractivity contribution in [1.29, 1.82) is 0 Å². The SMILES string of the molecule is CC1=CC1CN. The molecule has 1 heteroatoms. The maximum Gasteiger partial charge on any atom is 0.00999 e. The first-order valence-corrected chi connectivity index (χ1v) is 2.23. The fraction of sp³-hybridized carbons (Fsp3) is 0.600. The van der Waals surface area contributed by atoms with Gasteiger partial charge in [0, 0.05) is 12.5 Å². The van der Waals surface area contributed by atoms with Crippen LogP contribution in [0.3, 0.4) is 0 Å². The van der Waals surface area contributed by atoms with Crippen molar-refractivity contribution in [2.24, 2.45) is 11.7 Å². The van der Waals surface area contributed by atoms with Gasteiger partial charge in [-0.15, -0.1) is 0 Å².